The molecule has 122 valence electrons. The summed E-state index contributed by atoms with van der Waals surface area (Å²) in [5.41, 5.74) is 2.83. The van der Waals surface area contributed by atoms with Crippen LogP contribution in [0.5, 0.6) is 0 Å². The number of hydrogen-bond donors (Lipinski definition) is 0. The molecule has 1 aliphatic heterocycles. The van der Waals surface area contributed by atoms with Crippen LogP contribution in [0.1, 0.15) is 34.0 Å². The van der Waals surface area contributed by atoms with Gasteiger partial charge < -0.3 is 4.90 Å². The Morgan fingerprint density at radius 2 is 2.08 bits per heavy atom. The molecule has 0 unspecified atom stereocenters. The quantitative estimate of drug-likeness (QED) is 0.689. The predicted molar refractivity (Wildman–Crippen MR) is 86.7 cm³/mol. The Morgan fingerprint density at radius 1 is 1.25 bits per heavy atom. The van der Waals surface area contributed by atoms with Gasteiger partial charge in [0.05, 0.1) is 5.69 Å². The number of aromatic nitrogens is 4. The number of halogens is 1. The summed E-state index contributed by atoms with van der Waals surface area (Å²) in [6, 6.07) is 6.76. The van der Waals surface area contributed by atoms with Crippen LogP contribution in [0.3, 0.4) is 0 Å². The summed E-state index contributed by atoms with van der Waals surface area (Å²) in [5, 5.41) is 4.26. The van der Waals surface area contributed by atoms with Crippen molar-refractivity contribution in [2.24, 2.45) is 0 Å². The van der Waals surface area contributed by atoms with Gasteiger partial charge in [0.1, 0.15) is 5.82 Å². The van der Waals surface area contributed by atoms with Gasteiger partial charge >= 0.3 is 0 Å². The first-order valence-corrected chi connectivity index (χ1v) is 7.85. The standard InChI is InChI=1S/C17H16FN5O/c1-10-9-11(2)23-17(19-10)20-15(21-23)16(24)22-8-4-6-12-5-3-7-13(18)14(12)22/h3,5,7,9H,4,6,8H2,1-2H3. The number of para-hydroxylation sites is 1. The molecule has 7 heteroatoms. The second kappa shape index (κ2) is 5.36. The van der Waals surface area contributed by atoms with E-state index in [1.807, 2.05) is 26.0 Å². The lowest BCUT2D eigenvalue weighted by atomic mass is 10.0. The zero-order chi connectivity index (χ0) is 16.8. The van der Waals surface area contributed by atoms with Crippen molar-refractivity contribution in [3.8, 4) is 0 Å². The van der Waals surface area contributed by atoms with Crippen LogP contribution in [-0.2, 0) is 6.42 Å². The Bertz CT molecular complexity index is 965. The van der Waals surface area contributed by atoms with Crippen LogP contribution in [0, 0.1) is 19.7 Å². The molecule has 1 amide bonds. The number of carbonyl (C=O) groups excluding carboxylic acids is 1. The lowest BCUT2D eigenvalue weighted by Gasteiger charge is -2.28. The van der Waals surface area contributed by atoms with Crippen molar-refractivity contribution in [2.45, 2.75) is 26.7 Å². The highest BCUT2D eigenvalue weighted by Gasteiger charge is 2.29. The van der Waals surface area contributed by atoms with Crippen molar-refractivity contribution in [1.29, 1.82) is 0 Å². The number of hydrogen-bond acceptors (Lipinski definition) is 4. The Kier molecular flexibility index (Phi) is 3.30. The number of aryl methyl sites for hydroxylation is 3. The molecule has 3 aromatic rings. The molecule has 0 saturated heterocycles. The first kappa shape index (κ1) is 14.7. The summed E-state index contributed by atoms with van der Waals surface area (Å²) in [5.74, 6) is -0.382. The Labute approximate surface area is 138 Å². The summed E-state index contributed by atoms with van der Waals surface area (Å²) >= 11 is 0. The van der Waals surface area contributed by atoms with Crippen LogP contribution in [-0.4, -0.2) is 32.0 Å². The first-order chi connectivity index (χ1) is 11.5. The van der Waals surface area contributed by atoms with Gasteiger partial charge in [0.2, 0.25) is 5.82 Å². The van der Waals surface area contributed by atoms with Gasteiger partial charge in [0, 0.05) is 17.9 Å². The highest BCUT2D eigenvalue weighted by Crippen LogP contribution is 2.30. The van der Waals surface area contributed by atoms with Crippen molar-refractivity contribution in [1.82, 2.24) is 19.6 Å². The molecular formula is C17H16FN5O. The third kappa shape index (κ3) is 2.24. The second-order valence-electron chi connectivity index (χ2n) is 5.99. The monoisotopic (exact) mass is 325 g/mol. The molecule has 1 aliphatic rings. The number of fused-ring (bicyclic) bond motifs is 2. The molecule has 24 heavy (non-hydrogen) atoms. The van der Waals surface area contributed by atoms with E-state index in [1.54, 1.807) is 6.07 Å². The molecule has 0 saturated carbocycles. The van der Waals surface area contributed by atoms with Gasteiger partial charge in [-0.1, -0.05) is 12.1 Å². The Hall–Kier alpha value is -2.83. The van der Waals surface area contributed by atoms with E-state index in [4.69, 9.17) is 0 Å². The van der Waals surface area contributed by atoms with Crippen molar-refractivity contribution in [3.05, 3.63) is 52.9 Å². The van der Waals surface area contributed by atoms with Gasteiger partial charge in [-0.15, -0.1) is 5.10 Å². The molecule has 1 aromatic carbocycles. The second-order valence-corrected chi connectivity index (χ2v) is 5.99. The Morgan fingerprint density at radius 3 is 2.92 bits per heavy atom. The lowest BCUT2D eigenvalue weighted by molar-refractivity contribution is 0.0974. The summed E-state index contributed by atoms with van der Waals surface area (Å²) in [7, 11) is 0. The lowest BCUT2D eigenvalue weighted by Crippen LogP contribution is -2.37. The minimum absolute atomic E-state index is 0.0345. The SMILES string of the molecule is Cc1cc(C)n2nc(C(=O)N3CCCc4cccc(F)c43)nc2n1. The molecule has 0 spiro atoms. The molecule has 3 heterocycles. The number of carbonyl (C=O) groups is 1. The van der Waals surface area contributed by atoms with Gasteiger partial charge in [-0.2, -0.15) is 4.98 Å². The minimum Gasteiger partial charge on any atom is -0.302 e. The van der Waals surface area contributed by atoms with Gasteiger partial charge in [0.25, 0.3) is 11.7 Å². The summed E-state index contributed by atoms with van der Waals surface area (Å²) < 4.78 is 15.8. The van der Waals surface area contributed by atoms with Crippen LogP contribution in [0.2, 0.25) is 0 Å². The molecule has 2 aromatic heterocycles. The summed E-state index contributed by atoms with van der Waals surface area (Å²) in [6.45, 7) is 4.19. The van der Waals surface area contributed by atoms with Gasteiger partial charge in [-0.3, -0.25) is 4.79 Å². The van der Waals surface area contributed by atoms with Crippen molar-refractivity contribution in [3.63, 3.8) is 0 Å². The number of benzene rings is 1. The number of amides is 1. The van der Waals surface area contributed by atoms with Crippen LogP contribution < -0.4 is 4.90 Å². The van der Waals surface area contributed by atoms with E-state index in [-0.39, 0.29) is 5.82 Å². The molecule has 6 nitrogen and oxygen atoms in total. The minimum atomic E-state index is -0.399. The highest BCUT2D eigenvalue weighted by molar-refractivity contribution is 6.04. The van der Waals surface area contributed by atoms with Crippen LogP contribution in [0.25, 0.3) is 5.78 Å². The van der Waals surface area contributed by atoms with Gasteiger partial charge in [-0.05, 0) is 44.4 Å². The van der Waals surface area contributed by atoms with E-state index < -0.39 is 11.7 Å². The van der Waals surface area contributed by atoms with E-state index in [1.165, 1.54) is 15.5 Å². The van der Waals surface area contributed by atoms with Gasteiger partial charge in [0.15, 0.2) is 0 Å². The van der Waals surface area contributed by atoms with E-state index in [0.29, 0.717) is 18.0 Å². The molecule has 4 rings (SSSR count). The van der Waals surface area contributed by atoms with Crippen LogP contribution in [0.4, 0.5) is 10.1 Å². The maximum atomic E-state index is 14.3. The first-order valence-electron chi connectivity index (χ1n) is 7.85. The molecule has 0 atom stereocenters. The average molecular weight is 325 g/mol. The normalized spacial score (nSPS) is 14.0. The largest absolute Gasteiger partial charge is 0.302 e. The Balaban J connectivity index is 1.79. The van der Waals surface area contributed by atoms with E-state index in [0.717, 1.165) is 29.8 Å². The smallest absolute Gasteiger partial charge is 0.298 e. The third-order valence-corrected chi connectivity index (χ3v) is 4.22. The molecule has 0 radical (unpaired) electrons. The fourth-order valence-corrected chi connectivity index (χ4v) is 3.18. The zero-order valence-electron chi connectivity index (χ0n) is 13.5. The molecular weight excluding hydrogens is 309 g/mol. The van der Waals surface area contributed by atoms with E-state index in [2.05, 4.69) is 15.1 Å². The molecule has 0 aliphatic carbocycles. The molecule has 0 N–H and O–H groups in total. The van der Waals surface area contributed by atoms with Crippen LogP contribution in [0.15, 0.2) is 24.3 Å². The molecule has 0 bridgehead atoms. The number of nitrogens with zero attached hydrogens (tertiary/aromatic N) is 5. The maximum absolute atomic E-state index is 14.3. The fourth-order valence-electron chi connectivity index (χ4n) is 3.18. The number of rotatable bonds is 1. The third-order valence-electron chi connectivity index (χ3n) is 4.22. The topological polar surface area (TPSA) is 63.4 Å². The van der Waals surface area contributed by atoms with Crippen molar-refractivity contribution >= 4 is 17.4 Å². The zero-order valence-corrected chi connectivity index (χ0v) is 13.5. The number of anilines is 1. The predicted octanol–water partition coefficient (Wildman–Crippen LogP) is 2.47. The van der Waals surface area contributed by atoms with E-state index >= 15 is 0 Å². The maximum Gasteiger partial charge on any atom is 0.298 e. The highest BCUT2D eigenvalue weighted by atomic mass is 19.1. The van der Waals surface area contributed by atoms with Crippen molar-refractivity contribution < 1.29 is 9.18 Å². The molecule has 0 fully saturated rings. The summed E-state index contributed by atoms with van der Waals surface area (Å²) in [6.07, 6.45) is 1.54. The van der Waals surface area contributed by atoms with E-state index in [9.17, 15) is 9.18 Å². The van der Waals surface area contributed by atoms with Gasteiger partial charge in [-0.25, -0.2) is 13.9 Å². The fraction of sp³-hybridized carbons (Fsp3) is 0.294. The average Bonchev–Trinajstić information content (AvgIpc) is 2.98. The van der Waals surface area contributed by atoms with Crippen molar-refractivity contribution in [2.75, 3.05) is 11.4 Å². The van der Waals surface area contributed by atoms with Crippen LogP contribution >= 0.6 is 0 Å². The summed E-state index contributed by atoms with van der Waals surface area (Å²) in [4.78, 5) is 22.8.